The number of rotatable bonds is 4. The molecule has 1 aromatic heterocycles. The van der Waals surface area contributed by atoms with E-state index >= 15 is 0 Å². The molecule has 1 aromatic rings. The maximum Gasteiger partial charge on any atom is 0.309 e. The second-order valence-corrected chi connectivity index (χ2v) is 7.19. The van der Waals surface area contributed by atoms with Gasteiger partial charge in [0.05, 0.1) is 15.4 Å². The maximum atomic E-state index is 12.0. The number of carboxylic acids is 1. The number of hydrogen-bond acceptors (Lipinski definition) is 4. The minimum Gasteiger partial charge on any atom is -0.481 e. The third-order valence-corrected chi connectivity index (χ3v) is 5.68. The number of carbonyl (C=O) groups is 2. The van der Waals surface area contributed by atoms with Gasteiger partial charge < -0.3 is 10.0 Å². The van der Waals surface area contributed by atoms with E-state index in [9.17, 15) is 9.59 Å². The molecule has 2 rings (SSSR count). The molecule has 0 spiro atoms. The highest BCUT2D eigenvalue weighted by molar-refractivity contribution is 8.01. The van der Waals surface area contributed by atoms with E-state index in [4.69, 9.17) is 5.11 Å². The number of aliphatic carboxylic acids is 1. The van der Waals surface area contributed by atoms with Crippen LogP contribution in [0.2, 0.25) is 0 Å². The monoisotopic (exact) mass is 299 g/mol. The molecule has 19 heavy (non-hydrogen) atoms. The van der Waals surface area contributed by atoms with Crippen LogP contribution >= 0.6 is 23.1 Å². The molecule has 1 aliphatic heterocycles. The average molecular weight is 299 g/mol. The summed E-state index contributed by atoms with van der Waals surface area (Å²) in [5, 5.41) is 11.1. The molecular weight excluding hydrogens is 282 g/mol. The summed E-state index contributed by atoms with van der Waals surface area (Å²) in [6.07, 6.45) is 1.08. The van der Waals surface area contributed by atoms with Gasteiger partial charge >= 0.3 is 5.97 Å². The molecule has 0 atom stereocenters. The lowest BCUT2D eigenvalue weighted by molar-refractivity contribution is -0.152. The first kappa shape index (κ1) is 14.4. The Labute approximate surface area is 120 Å². The molecular formula is C13H17NO3S2. The van der Waals surface area contributed by atoms with Crippen molar-refractivity contribution in [2.75, 3.05) is 18.8 Å². The summed E-state index contributed by atoms with van der Waals surface area (Å²) in [6, 6.07) is 3.97. The second kappa shape index (κ2) is 5.96. The highest BCUT2D eigenvalue weighted by Gasteiger charge is 2.37. The third-order valence-electron chi connectivity index (χ3n) is 3.57. The summed E-state index contributed by atoms with van der Waals surface area (Å²) in [4.78, 5) is 24.9. The summed E-state index contributed by atoms with van der Waals surface area (Å²) in [6.45, 7) is 2.86. The van der Waals surface area contributed by atoms with Gasteiger partial charge in [0.1, 0.15) is 0 Å². The van der Waals surface area contributed by atoms with Crippen LogP contribution in [0.15, 0.2) is 21.7 Å². The first-order valence-corrected chi connectivity index (χ1v) is 8.05. The highest BCUT2D eigenvalue weighted by Crippen LogP contribution is 2.31. The maximum absolute atomic E-state index is 12.0. The number of likely N-dealkylation sites (tertiary alicyclic amines) is 1. The molecule has 1 saturated heterocycles. The van der Waals surface area contributed by atoms with Crippen LogP contribution in [0.4, 0.5) is 0 Å². The van der Waals surface area contributed by atoms with Crippen LogP contribution in [0.1, 0.15) is 19.8 Å². The molecule has 0 bridgehead atoms. The van der Waals surface area contributed by atoms with E-state index in [2.05, 4.69) is 0 Å². The zero-order valence-electron chi connectivity index (χ0n) is 10.8. The van der Waals surface area contributed by atoms with Crippen LogP contribution in [-0.4, -0.2) is 40.7 Å². The van der Waals surface area contributed by atoms with E-state index in [0.717, 1.165) is 4.21 Å². The van der Waals surface area contributed by atoms with Crippen LogP contribution in [0.25, 0.3) is 0 Å². The molecule has 1 N–H and O–H groups in total. The van der Waals surface area contributed by atoms with Gasteiger partial charge in [-0.25, -0.2) is 0 Å². The fraction of sp³-hybridized carbons (Fsp3) is 0.538. The SMILES string of the molecule is CC1(C(=O)O)CCN(C(=O)CSc2cccs2)CC1. The molecule has 4 nitrogen and oxygen atoms in total. The fourth-order valence-electron chi connectivity index (χ4n) is 2.03. The summed E-state index contributed by atoms with van der Waals surface area (Å²) in [5.74, 6) is -0.219. The number of thiophene rings is 1. The number of nitrogens with zero attached hydrogens (tertiary/aromatic N) is 1. The normalized spacial score (nSPS) is 18.3. The highest BCUT2D eigenvalue weighted by atomic mass is 32.2. The van der Waals surface area contributed by atoms with Crippen LogP contribution < -0.4 is 0 Å². The van der Waals surface area contributed by atoms with Crippen molar-refractivity contribution in [3.8, 4) is 0 Å². The predicted octanol–water partition coefficient (Wildman–Crippen LogP) is 2.55. The first-order chi connectivity index (χ1) is 9.01. The minimum absolute atomic E-state index is 0.103. The van der Waals surface area contributed by atoms with Gasteiger partial charge in [-0.2, -0.15) is 0 Å². The van der Waals surface area contributed by atoms with Crippen molar-refractivity contribution in [1.29, 1.82) is 0 Å². The quantitative estimate of drug-likeness (QED) is 0.868. The zero-order chi connectivity index (χ0) is 13.9. The minimum atomic E-state index is -0.757. The Bertz CT molecular complexity index is 450. The van der Waals surface area contributed by atoms with E-state index in [0.29, 0.717) is 31.7 Å². The van der Waals surface area contributed by atoms with Crippen molar-refractivity contribution in [2.24, 2.45) is 5.41 Å². The second-order valence-electron chi connectivity index (χ2n) is 4.97. The van der Waals surface area contributed by atoms with Crippen molar-refractivity contribution in [3.05, 3.63) is 17.5 Å². The number of piperidine rings is 1. The molecule has 1 fully saturated rings. The molecule has 104 valence electrons. The molecule has 2 heterocycles. The lowest BCUT2D eigenvalue weighted by Gasteiger charge is -2.36. The largest absolute Gasteiger partial charge is 0.481 e. The standard InChI is InChI=1S/C13H17NO3S2/c1-13(12(16)17)4-6-14(7-5-13)10(15)9-19-11-3-2-8-18-11/h2-3,8H,4-7,9H2,1H3,(H,16,17). The van der Waals surface area contributed by atoms with Crippen LogP contribution in [-0.2, 0) is 9.59 Å². The van der Waals surface area contributed by atoms with Crippen molar-refractivity contribution >= 4 is 35.0 Å². The van der Waals surface area contributed by atoms with Gasteiger partial charge in [-0.05, 0) is 31.2 Å². The summed E-state index contributed by atoms with van der Waals surface area (Å²) < 4.78 is 1.14. The fourth-order valence-corrected chi connectivity index (χ4v) is 3.72. The van der Waals surface area contributed by atoms with Crippen molar-refractivity contribution in [1.82, 2.24) is 4.90 Å². The van der Waals surface area contributed by atoms with Gasteiger partial charge in [0.15, 0.2) is 0 Å². The van der Waals surface area contributed by atoms with E-state index < -0.39 is 11.4 Å². The van der Waals surface area contributed by atoms with E-state index in [1.165, 1.54) is 0 Å². The molecule has 1 aliphatic rings. The third kappa shape index (κ3) is 3.51. The Morgan fingerprint density at radius 2 is 2.16 bits per heavy atom. The molecule has 6 heteroatoms. The Morgan fingerprint density at radius 3 is 2.68 bits per heavy atom. The molecule has 0 radical (unpaired) electrons. The first-order valence-electron chi connectivity index (χ1n) is 6.19. The average Bonchev–Trinajstić information content (AvgIpc) is 2.90. The van der Waals surface area contributed by atoms with Crippen LogP contribution in [0, 0.1) is 5.41 Å². The Morgan fingerprint density at radius 1 is 1.47 bits per heavy atom. The van der Waals surface area contributed by atoms with Gasteiger partial charge in [0.2, 0.25) is 5.91 Å². The van der Waals surface area contributed by atoms with Gasteiger partial charge in [-0.3, -0.25) is 9.59 Å². The predicted molar refractivity (Wildman–Crippen MR) is 76.6 cm³/mol. The summed E-state index contributed by atoms with van der Waals surface area (Å²) >= 11 is 3.18. The lowest BCUT2D eigenvalue weighted by Crippen LogP contribution is -2.45. The summed E-state index contributed by atoms with van der Waals surface area (Å²) in [7, 11) is 0. The van der Waals surface area contributed by atoms with Crippen molar-refractivity contribution in [2.45, 2.75) is 24.0 Å². The number of hydrogen-bond donors (Lipinski definition) is 1. The van der Waals surface area contributed by atoms with Crippen LogP contribution in [0.5, 0.6) is 0 Å². The van der Waals surface area contributed by atoms with Crippen molar-refractivity contribution in [3.63, 3.8) is 0 Å². The van der Waals surface area contributed by atoms with E-state index in [1.807, 2.05) is 17.5 Å². The number of carbonyl (C=O) groups excluding carboxylic acids is 1. The van der Waals surface area contributed by atoms with Gasteiger partial charge in [-0.1, -0.05) is 6.07 Å². The number of carboxylic acid groups (broad SMARTS) is 1. The van der Waals surface area contributed by atoms with Gasteiger partial charge in [0.25, 0.3) is 0 Å². The lowest BCUT2D eigenvalue weighted by atomic mass is 9.80. The Hall–Kier alpha value is -1.01. The molecule has 0 aliphatic carbocycles. The molecule has 0 unspecified atom stereocenters. The van der Waals surface area contributed by atoms with Crippen LogP contribution in [0.3, 0.4) is 0 Å². The van der Waals surface area contributed by atoms with Crippen molar-refractivity contribution < 1.29 is 14.7 Å². The Kier molecular flexibility index (Phi) is 4.52. The Balaban J connectivity index is 1.81. The number of amides is 1. The van der Waals surface area contributed by atoms with E-state index in [-0.39, 0.29) is 5.91 Å². The smallest absolute Gasteiger partial charge is 0.309 e. The van der Waals surface area contributed by atoms with Gasteiger partial charge in [-0.15, -0.1) is 23.1 Å². The molecule has 0 saturated carbocycles. The number of thioether (sulfide) groups is 1. The van der Waals surface area contributed by atoms with E-state index in [1.54, 1.807) is 34.9 Å². The topological polar surface area (TPSA) is 57.6 Å². The molecule has 0 aromatic carbocycles. The molecule has 1 amide bonds. The van der Waals surface area contributed by atoms with Gasteiger partial charge in [0, 0.05) is 13.1 Å². The summed E-state index contributed by atoms with van der Waals surface area (Å²) in [5.41, 5.74) is -0.669. The zero-order valence-corrected chi connectivity index (χ0v) is 12.4.